The monoisotopic (exact) mass is 251 g/mol. The molecule has 1 aromatic heterocycles. The Morgan fingerprint density at radius 3 is 2.50 bits per heavy atom. The summed E-state index contributed by atoms with van der Waals surface area (Å²) in [5.41, 5.74) is 0.282. The predicted octanol–water partition coefficient (Wildman–Crippen LogP) is -0.226. The van der Waals surface area contributed by atoms with Crippen LogP contribution in [0.5, 0.6) is 0 Å². The fraction of sp³-hybridized carbons (Fsp3) is 0.455. The number of carbonyl (C=O) groups excluding carboxylic acids is 2. The first-order valence-electron chi connectivity index (χ1n) is 5.73. The van der Waals surface area contributed by atoms with Crippen LogP contribution in [0.4, 0.5) is 5.82 Å². The fourth-order valence-electron chi connectivity index (χ4n) is 1.23. The third kappa shape index (κ3) is 4.77. The average Bonchev–Trinajstić information content (AvgIpc) is 2.35. The van der Waals surface area contributed by atoms with Gasteiger partial charge in [-0.25, -0.2) is 0 Å². The summed E-state index contributed by atoms with van der Waals surface area (Å²) in [5, 5.41) is 15.9. The minimum Gasteiger partial charge on any atom is -0.367 e. The van der Waals surface area contributed by atoms with Gasteiger partial charge in [0.25, 0.3) is 5.91 Å². The van der Waals surface area contributed by atoms with Gasteiger partial charge in [-0.2, -0.15) is 0 Å². The lowest BCUT2D eigenvalue weighted by atomic mass is 10.3. The zero-order valence-electron chi connectivity index (χ0n) is 10.5. The summed E-state index contributed by atoms with van der Waals surface area (Å²) in [5.74, 6) is 0.248. The molecule has 0 saturated carbocycles. The molecule has 0 aromatic carbocycles. The molecule has 0 aliphatic carbocycles. The summed E-state index contributed by atoms with van der Waals surface area (Å²) >= 11 is 0. The molecule has 1 aromatic rings. The van der Waals surface area contributed by atoms with E-state index in [0.717, 1.165) is 0 Å². The molecule has 0 spiro atoms. The summed E-state index contributed by atoms with van der Waals surface area (Å²) in [6.07, 6.45) is 0. The molecule has 98 valence electrons. The van der Waals surface area contributed by atoms with Crippen molar-refractivity contribution in [3.05, 3.63) is 17.8 Å². The molecule has 7 heteroatoms. The van der Waals surface area contributed by atoms with Gasteiger partial charge < -0.3 is 16.0 Å². The lowest BCUT2D eigenvalue weighted by Crippen LogP contribution is -2.27. The Labute approximate surface area is 105 Å². The van der Waals surface area contributed by atoms with Gasteiger partial charge in [-0.3, -0.25) is 9.59 Å². The van der Waals surface area contributed by atoms with E-state index in [1.54, 1.807) is 12.1 Å². The average molecular weight is 251 g/mol. The Morgan fingerprint density at radius 1 is 1.17 bits per heavy atom. The number of carbonyl (C=O) groups is 2. The molecule has 1 rings (SSSR count). The van der Waals surface area contributed by atoms with Crippen molar-refractivity contribution in [3.8, 4) is 0 Å². The number of nitrogens with zero attached hydrogens (tertiary/aromatic N) is 2. The topological polar surface area (TPSA) is 96.0 Å². The molecule has 0 atom stereocenters. The van der Waals surface area contributed by atoms with E-state index in [4.69, 9.17) is 0 Å². The molecule has 0 bridgehead atoms. The standard InChI is InChI=1S/C11H17N5O2/c1-3-12-11(18)9-4-5-10(16-15-9)14-7-6-13-8(2)17/h4-5H,3,6-7H2,1-2H3,(H,12,18)(H,13,17)(H,14,16). The third-order valence-corrected chi connectivity index (χ3v) is 2.04. The second-order valence-corrected chi connectivity index (χ2v) is 3.57. The van der Waals surface area contributed by atoms with E-state index in [1.807, 2.05) is 6.92 Å². The molecule has 0 radical (unpaired) electrons. The van der Waals surface area contributed by atoms with E-state index in [9.17, 15) is 9.59 Å². The molecule has 0 aliphatic rings. The number of hydrogen-bond acceptors (Lipinski definition) is 5. The van der Waals surface area contributed by atoms with Crippen LogP contribution >= 0.6 is 0 Å². The largest absolute Gasteiger partial charge is 0.367 e. The Balaban J connectivity index is 2.40. The summed E-state index contributed by atoms with van der Waals surface area (Å²) in [6.45, 7) is 4.91. The smallest absolute Gasteiger partial charge is 0.271 e. The number of rotatable bonds is 6. The van der Waals surface area contributed by atoms with Crippen molar-refractivity contribution in [2.75, 3.05) is 25.0 Å². The molecular formula is C11H17N5O2. The van der Waals surface area contributed by atoms with E-state index in [-0.39, 0.29) is 17.5 Å². The van der Waals surface area contributed by atoms with Crippen LogP contribution < -0.4 is 16.0 Å². The highest BCUT2D eigenvalue weighted by molar-refractivity contribution is 5.92. The van der Waals surface area contributed by atoms with E-state index in [1.165, 1.54) is 6.92 Å². The van der Waals surface area contributed by atoms with Crippen LogP contribution in [0.1, 0.15) is 24.3 Å². The summed E-state index contributed by atoms with van der Waals surface area (Å²) < 4.78 is 0. The van der Waals surface area contributed by atoms with Crippen molar-refractivity contribution in [2.24, 2.45) is 0 Å². The molecule has 0 unspecified atom stereocenters. The Kier molecular flexibility index (Phi) is 5.56. The first kappa shape index (κ1) is 13.9. The van der Waals surface area contributed by atoms with Gasteiger partial charge in [0.2, 0.25) is 5.91 Å². The fourth-order valence-corrected chi connectivity index (χ4v) is 1.23. The van der Waals surface area contributed by atoms with Gasteiger partial charge >= 0.3 is 0 Å². The zero-order valence-corrected chi connectivity index (χ0v) is 10.5. The zero-order chi connectivity index (χ0) is 13.4. The summed E-state index contributed by atoms with van der Waals surface area (Å²) in [6, 6.07) is 3.27. The number of nitrogens with one attached hydrogen (secondary N) is 3. The highest BCUT2D eigenvalue weighted by Gasteiger charge is 2.05. The van der Waals surface area contributed by atoms with Crippen molar-refractivity contribution < 1.29 is 9.59 Å². The van der Waals surface area contributed by atoms with E-state index < -0.39 is 0 Å². The number of hydrogen-bond donors (Lipinski definition) is 3. The maximum atomic E-state index is 11.4. The molecule has 0 fully saturated rings. The van der Waals surface area contributed by atoms with E-state index >= 15 is 0 Å². The van der Waals surface area contributed by atoms with E-state index in [2.05, 4.69) is 26.1 Å². The number of amides is 2. The molecule has 0 saturated heterocycles. The maximum Gasteiger partial charge on any atom is 0.271 e. The molecule has 7 nitrogen and oxygen atoms in total. The second kappa shape index (κ2) is 7.21. The van der Waals surface area contributed by atoms with E-state index in [0.29, 0.717) is 25.5 Å². The van der Waals surface area contributed by atoms with Gasteiger partial charge in [-0.15, -0.1) is 10.2 Å². The van der Waals surface area contributed by atoms with Crippen LogP contribution in [-0.2, 0) is 4.79 Å². The molecule has 2 amide bonds. The van der Waals surface area contributed by atoms with Crippen molar-refractivity contribution in [1.82, 2.24) is 20.8 Å². The quantitative estimate of drug-likeness (QED) is 0.607. The van der Waals surface area contributed by atoms with Gasteiger partial charge in [-0.05, 0) is 19.1 Å². The second-order valence-electron chi connectivity index (χ2n) is 3.57. The predicted molar refractivity (Wildman–Crippen MR) is 67.2 cm³/mol. The lowest BCUT2D eigenvalue weighted by molar-refractivity contribution is -0.118. The van der Waals surface area contributed by atoms with Gasteiger partial charge in [0.1, 0.15) is 5.82 Å². The highest BCUT2D eigenvalue weighted by Crippen LogP contribution is 2.01. The molecule has 1 heterocycles. The number of anilines is 1. The van der Waals surface area contributed by atoms with Crippen molar-refractivity contribution in [3.63, 3.8) is 0 Å². The molecule has 3 N–H and O–H groups in total. The Bertz CT molecular complexity index is 404. The van der Waals surface area contributed by atoms with Crippen molar-refractivity contribution in [1.29, 1.82) is 0 Å². The lowest BCUT2D eigenvalue weighted by Gasteiger charge is -2.06. The SMILES string of the molecule is CCNC(=O)c1ccc(NCCNC(C)=O)nn1. The number of aromatic nitrogens is 2. The minimum absolute atomic E-state index is 0.0746. The molecular weight excluding hydrogens is 234 g/mol. The van der Waals surface area contributed by atoms with Crippen LogP contribution in [0.15, 0.2) is 12.1 Å². The minimum atomic E-state index is -0.241. The van der Waals surface area contributed by atoms with Gasteiger partial charge in [0, 0.05) is 26.6 Å². The normalized spacial score (nSPS) is 9.67. The van der Waals surface area contributed by atoms with Crippen molar-refractivity contribution >= 4 is 17.6 Å². The van der Waals surface area contributed by atoms with Crippen LogP contribution in [0, 0.1) is 0 Å². The Hall–Kier alpha value is -2.18. The first-order valence-corrected chi connectivity index (χ1v) is 5.73. The highest BCUT2D eigenvalue weighted by atomic mass is 16.2. The van der Waals surface area contributed by atoms with Crippen molar-refractivity contribution in [2.45, 2.75) is 13.8 Å². The third-order valence-electron chi connectivity index (χ3n) is 2.04. The van der Waals surface area contributed by atoms with Crippen LogP contribution in [0.2, 0.25) is 0 Å². The maximum absolute atomic E-state index is 11.4. The summed E-state index contributed by atoms with van der Waals surface area (Å²) in [4.78, 5) is 22.0. The van der Waals surface area contributed by atoms with Gasteiger partial charge in [0.05, 0.1) is 0 Å². The van der Waals surface area contributed by atoms with Gasteiger partial charge in [0.15, 0.2) is 5.69 Å². The van der Waals surface area contributed by atoms with Gasteiger partial charge in [-0.1, -0.05) is 0 Å². The molecule has 18 heavy (non-hydrogen) atoms. The molecule has 0 aliphatic heterocycles. The summed E-state index contributed by atoms with van der Waals surface area (Å²) in [7, 11) is 0. The van der Waals surface area contributed by atoms with Crippen LogP contribution in [-0.4, -0.2) is 41.6 Å². The van der Waals surface area contributed by atoms with Crippen LogP contribution in [0.3, 0.4) is 0 Å². The Morgan fingerprint density at radius 2 is 1.94 bits per heavy atom. The van der Waals surface area contributed by atoms with Crippen LogP contribution in [0.25, 0.3) is 0 Å². The first-order chi connectivity index (χ1) is 8.63.